The largest absolute Gasteiger partial charge is 0.488 e. The van der Waals surface area contributed by atoms with E-state index in [1.807, 2.05) is 97.9 Å². The molecule has 0 aromatic heterocycles. The van der Waals surface area contributed by atoms with Gasteiger partial charge in [0, 0.05) is 16.1 Å². The van der Waals surface area contributed by atoms with Gasteiger partial charge in [-0.05, 0) is 41.5 Å². The SMILES string of the molecule is C[C@@H](NC(=O)/C(C#N)=C\c1c(OCc2ccccc2Cl)ccc2ccccc12)c1ccccc1. The van der Waals surface area contributed by atoms with Gasteiger partial charge in [0.15, 0.2) is 0 Å². The van der Waals surface area contributed by atoms with Gasteiger partial charge in [0.1, 0.15) is 24.0 Å². The second kappa shape index (κ2) is 10.7. The number of carbonyl (C=O) groups is 1. The Bertz CT molecular complexity index is 1390. The molecule has 0 aliphatic heterocycles. The summed E-state index contributed by atoms with van der Waals surface area (Å²) < 4.78 is 6.12. The fourth-order valence-electron chi connectivity index (χ4n) is 3.71. The third-order valence-corrected chi connectivity index (χ3v) is 5.94. The second-order valence-corrected chi connectivity index (χ2v) is 8.26. The normalized spacial score (nSPS) is 12.1. The summed E-state index contributed by atoms with van der Waals surface area (Å²) >= 11 is 6.28. The second-order valence-electron chi connectivity index (χ2n) is 7.85. The van der Waals surface area contributed by atoms with Gasteiger partial charge in [0.25, 0.3) is 5.91 Å². The third-order valence-electron chi connectivity index (χ3n) is 5.57. The summed E-state index contributed by atoms with van der Waals surface area (Å²) in [6.07, 6.45) is 1.59. The van der Waals surface area contributed by atoms with E-state index in [-0.39, 0.29) is 18.2 Å². The zero-order valence-corrected chi connectivity index (χ0v) is 19.4. The van der Waals surface area contributed by atoms with E-state index in [2.05, 4.69) is 11.4 Å². The van der Waals surface area contributed by atoms with Gasteiger partial charge >= 0.3 is 0 Å². The summed E-state index contributed by atoms with van der Waals surface area (Å²) in [6.45, 7) is 2.15. The minimum absolute atomic E-state index is 0.00160. The van der Waals surface area contributed by atoms with Crippen LogP contribution in [0.25, 0.3) is 16.8 Å². The van der Waals surface area contributed by atoms with E-state index in [4.69, 9.17) is 16.3 Å². The average molecular weight is 467 g/mol. The van der Waals surface area contributed by atoms with Crippen LogP contribution in [-0.2, 0) is 11.4 Å². The molecule has 0 saturated carbocycles. The van der Waals surface area contributed by atoms with E-state index < -0.39 is 5.91 Å². The zero-order valence-electron chi connectivity index (χ0n) is 18.7. The number of nitrogens with one attached hydrogen (secondary N) is 1. The summed E-state index contributed by atoms with van der Waals surface area (Å²) in [5.74, 6) is 0.124. The van der Waals surface area contributed by atoms with Crippen LogP contribution in [0.5, 0.6) is 5.75 Å². The third kappa shape index (κ3) is 5.28. The van der Waals surface area contributed by atoms with Crippen LogP contribution in [-0.4, -0.2) is 5.91 Å². The van der Waals surface area contributed by atoms with E-state index in [0.717, 1.165) is 21.9 Å². The van der Waals surface area contributed by atoms with Crippen LogP contribution in [0.3, 0.4) is 0 Å². The van der Waals surface area contributed by atoms with Crippen LogP contribution in [0, 0.1) is 11.3 Å². The predicted octanol–water partition coefficient (Wildman–Crippen LogP) is 6.86. The molecule has 4 aromatic carbocycles. The Kier molecular flexibility index (Phi) is 7.27. The highest BCUT2D eigenvalue weighted by atomic mass is 35.5. The highest BCUT2D eigenvalue weighted by Gasteiger charge is 2.16. The number of fused-ring (bicyclic) bond motifs is 1. The molecule has 0 fully saturated rings. The van der Waals surface area contributed by atoms with Crippen molar-refractivity contribution in [3.8, 4) is 11.8 Å². The highest BCUT2D eigenvalue weighted by molar-refractivity contribution is 6.31. The van der Waals surface area contributed by atoms with Gasteiger partial charge in [-0.3, -0.25) is 4.79 Å². The number of nitriles is 1. The van der Waals surface area contributed by atoms with Crippen molar-refractivity contribution in [2.24, 2.45) is 0 Å². The maximum absolute atomic E-state index is 13.0. The molecule has 0 heterocycles. The summed E-state index contributed by atoms with van der Waals surface area (Å²) in [5, 5.41) is 15.2. The average Bonchev–Trinajstić information content (AvgIpc) is 2.87. The number of ether oxygens (including phenoxy) is 1. The molecule has 0 radical (unpaired) electrons. The molecule has 34 heavy (non-hydrogen) atoms. The molecule has 1 N–H and O–H groups in total. The van der Waals surface area contributed by atoms with Gasteiger partial charge in [-0.2, -0.15) is 5.26 Å². The van der Waals surface area contributed by atoms with Crippen molar-refractivity contribution in [2.45, 2.75) is 19.6 Å². The first-order chi connectivity index (χ1) is 16.6. The molecule has 0 bridgehead atoms. The quantitative estimate of drug-likeness (QED) is 0.239. The van der Waals surface area contributed by atoms with Gasteiger partial charge in [-0.15, -0.1) is 0 Å². The zero-order chi connectivity index (χ0) is 23.9. The number of hydrogen-bond donors (Lipinski definition) is 1. The number of hydrogen-bond acceptors (Lipinski definition) is 3. The van der Waals surface area contributed by atoms with E-state index in [9.17, 15) is 10.1 Å². The molecular weight excluding hydrogens is 444 g/mol. The van der Waals surface area contributed by atoms with Crippen molar-refractivity contribution >= 4 is 34.4 Å². The molecule has 0 aliphatic carbocycles. The van der Waals surface area contributed by atoms with Crippen molar-refractivity contribution in [3.63, 3.8) is 0 Å². The maximum atomic E-state index is 13.0. The molecule has 0 aliphatic rings. The molecule has 4 aromatic rings. The Morgan fingerprint density at radius 2 is 1.71 bits per heavy atom. The van der Waals surface area contributed by atoms with Crippen molar-refractivity contribution in [3.05, 3.63) is 118 Å². The smallest absolute Gasteiger partial charge is 0.262 e. The standard InChI is InChI=1S/C29H23ClN2O2/c1-20(21-9-3-2-4-10-21)32-29(33)24(18-31)17-26-25-13-7-5-11-22(25)15-16-28(26)34-19-23-12-6-8-14-27(23)30/h2-17,20H,19H2,1H3,(H,32,33)/b24-17-/t20-/m1/s1. The predicted molar refractivity (Wildman–Crippen MR) is 136 cm³/mol. The molecule has 0 spiro atoms. The Balaban J connectivity index is 1.67. The number of halogens is 1. The van der Waals surface area contributed by atoms with E-state index in [1.54, 1.807) is 6.08 Å². The number of rotatable bonds is 7. The first kappa shape index (κ1) is 23.1. The lowest BCUT2D eigenvalue weighted by Crippen LogP contribution is -2.27. The van der Waals surface area contributed by atoms with Crippen LogP contribution in [0.15, 0.2) is 96.6 Å². The molecule has 4 rings (SSSR count). The highest BCUT2D eigenvalue weighted by Crippen LogP contribution is 2.31. The Hall–Kier alpha value is -4.07. The first-order valence-electron chi connectivity index (χ1n) is 10.9. The van der Waals surface area contributed by atoms with E-state index in [0.29, 0.717) is 16.3 Å². The summed E-state index contributed by atoms with van der Waals surface area (Å²) in [6, 6.07) is 30.5. The lowest BCUT2D eigenvalue weighted by Gasteiger charge is -2.15. The molecule has 0 unspecified atom stereocenters. The van der Waals surface area contributed by atoms with Crippen molar-refractivity contribution < 1.29 is 9.53 Å². The first-order valence-corrected chi connectivity index (χ1v) is 11.3. The van der Waals surface area contributed by atoms with Crippen LogP contribution in [0.1, 0.15) is 29.7 Å². The lowest BCUT2D eigenvalue weighted by molar-refractivity contribution is -0.117. The molecular formula is C29H23ClN2O2. The minimum Gasteiger partial charge on any atom is -0.488 e. The molecule has 0 saturated heterocycles. The van der Waals surface area contributed by atoms with Gasteiger partial charge in [-0.1, -0.05) is 90.5 Å². The van der Waals surface area contributed by atoms with Gasteiger partial charge < -0.3 is 10.1 Å². The minimum atomic E-state index is -0.441. The van der Waals surface area contributed by atoms with Gasteiger partial charge in [-0.25, -0.2) is 0 Å². The van der Waals surface area contributed by atoms with Crippen molar-refractivity contribution in [2.75, 3.05) is 0 Å². The Morgan fingerprint density at radius 3 is 2.47 bits per heavy atom. The molecule has 5 heteroatoms. The van der Waals surface area contributed by atoms with Gasteiger partial charge in [0.05, 0.1) is 6.04 Å². The summed E-state index contributed by atoms with van der Waals surface area (Å²) in [4.78, 5) is 13.0. The molecule has 1 atom stereocenters. The van der Waals surface area contributed by atoms with Crippen LogP contribution >= 0.6 is 11.6 Å². The van der Waals surface area contributed by atoms with Crippen molar-refractivity contribution in [1.82, 2.24) is 5.32 Å². The van der Waals surface area contributed by atoms with Gasteiger partial charge in [0.2, 0.25) is 0 Å². The number of carbonyl (C=O) groups excluding carboxylic acids is 1. The number of nitrogens with zero attached hydrogens (tertiary/aromatic N) is 1. The summed E-state index contributed by atoms with van der Waals surface area (Å²) in [5.41, 5.74) is 2.48. The van der Waals surface area contributed by atoms with Crippen molar-refractivity contribution in [1.29, 1.82) is 5.26 Å². The Morgan fingerprint density at radius 1 is 1.00 bits per heavy atom. The fourth-order valence-corrected chi connectivity index (χ4v) is 3.90. The topological polar surface area (TPSA) is 62.1 Å². The number of benzene rings is 4. The molecule has 168 valence electrons. The monoisotopic (exact) mass is 466 g/mol. The van der Waals surface area contributed by atoms with E-state index in [1.165, 1.54) is 0 Å². The molecule has 1 amide bonds. The van der Waals surface area contributed by atoms with Crippen LogP contribution in [0.4, 0.5) is 0 Å². The summed E-state index contributed by atoms with van der Waals surface area (Å²) in [7, 11) is 0. The fraction of sp³-hybridized carbons (Fsp3) is 0.103. The Labute approximate surface area is 204 Å². The molecule has 4 nitrogen and oxygen atoms in total. The number of amides is 1. The maximum Gasteiger partial charge on any atom is 0.262 e. The van der Waals surface area contributed by atoms with E-state index >= 15 is 0 Å². The van der Waals surface area contributed by atoms with Crippen LogP contribution < -0.4 is 10.1 Å². The van der Waals surface area contributed by atoms with Crippen LogP contribution in [0.2, 0.25) is 5.02 Å². The lowest BCUT2D eigenvalue weighted by atomic mass is 10.0.